The molecule has 1 fully saturated rings. The van der Waals surface area contributed by atoms with Gasteiger partial charge in [-0.2, -0.15) is 5.10 Å². The van der Waals surface area contributed by atoms with Gasteiger partial charge in [-0.15, -0.1) is 0 Å². The van der Waals surface area contributed by atoms with Crippen molar-refractivity contribution in [3.63, 3.8) is 0 Å². The van der Waals surface area contributed by atoms with Crippen LogP contribution in [0.5, 0.6) is 0 Å². The smallest absolute Gasteiger partial charge is 0.274 e. The zero-order valence-corrected chi connectivity index (χ0v) is 21.9. The van der Waals surface area contributed by atoms with Gasteiger partial charge < -0.3 is 9.80 Å². The summed E-state index contributed by atoms with van der Waals surface area (Å²) in [5, 5.41) is 4.36. The van der Waals surface area contributed by atoms with Crippen LogP contribution in [0.4, 0.5) is 24.5 Å². The number of halogens is 3. The molecule has 0 bridgehead atoms. The Balaban J connectivity index is 1.27. The second kappa shape index (κ2) is 10.2. The van der Waals surface area contributed by atoms with Crippen molar-refractivity contribution < 1.29 is 22.8 Å². The number of hydrogen-bond donors (Lipinski definition) is 0. The first kappa shape index (κ1) is 26.3. The lowest BCUT2D eigenvalue weighted by molar-refractivity contribution is -0.118. The molecule has 2 aromatic carbocycles. The highest BCUT2D eigenvalue weighted by Crippen LogP contribution is 2.43. The third kappa shape index (κ3) is 4.51. The van der Waals surface area contributed by atoms with Crippen LogP contribution < -0.4 is 4.90 Å². The van der Waals surface area contributed by atoms with E-state index in [0.717, 1.165) is 23.3 Å². The number of anilines is 1. The fourth-order valence-corrected chi connectivity index (χ4v) is 5.59. The Hall–Kier alpha value is -4.98. The molecule has 6 rings (SSSR count). The second-order valence-electron chi connectivity index (χ2n) is 10.1. The van der Waals surface area contributed by atoms with Gasteiger partial charge in [-0.3, -0.25) is 14.6 Å². The van der Waals surface area contributed by atoms with E-state index in [9.17, 15) is 22.8 Å². The van der Waals surface area contributed by atoms with E-state index < -0.39 is 17.5 Å². The van der Waals surface area contributed by atoms with Gasteiger partial charge in [-0.25, -0.2) is 22.7 Å². The van der Waals surface area contributed by atoms with Gasteiger partial charge in [0.2, 0.25) is 11.6 Å². The molecule has 2 aliphatic rings. The van der Waals surface area contributed by atoms with Gasteiger partial charge >= 0.3 is 0 Å². The summed E-state index contributed by atoms with van der Waals surface area (Å²) in [6.07, 6.45) is 4.34. The summed E-state index contributed by atoms with van der Waals surface area (Å²) in [6, 6.07) is 10.1. The number of pyridine rings is 1. The maximum atomic E-state index is 14.1. The largest absolute Gasteiger partial charge is 0.337 e. The Morgan fingerprint density at radius 2 is 1.80 bits per heavy atom. The summed E-state index contributed by atoms with van der Waals surface area (Å²) < 4.78 is 43.0. The predicted molar refractivity (Wildman–Crippen MR) is 144 cm³/mol. The Labute approximate surface area is 233 Å². The van der Waals surface area contributed by atoms with Crippen molar-refractivity contribution in [1.29, 1.82) is 0 Å². The van der Waals surface area contributed by atoms with Crippen molar-refractivity contribution in [3.8, 4) is 16.9 Å². The number of aryl methyl sites for hydroxylation is 1. The van der Waals surface area contributed by atoms with Crippen molar-refractivity contribution in [2.75, 3.05) is 18.0 Å². The maximum Gasteiger partial charge on any atom is 0.274 e. The summed E-state index contributed by atoms with van der Waals surface area (Å²) in [4.78, 5) is 37.6. The van der Waals surface area contributed by atoms with Crippen LogP contribution in [0.2, 0.25) is 0 Å². The number of hydrogen-bond acceptors (Lipinski definition) is 4. The third-order valence-corrected chi connectivity index (χ3v) is 7.62. The lowest BCUT2D eigenvalue weighted by atomic mass is 10.0. The zero-order valence-electron chi connectivity index (χ0n) is 21.9. The van der Waals surface area contributed by atoms with Crippen molar-refractivity contribution in [2.45, 2.75) is 32.2 Å². The van der Waals surface area contributed by atoms with Gasteiger partial charge in [0.15, 0.2) is 23.1 Å². The molecule has 2 amide bonds. The molecule has 2 aliphatic heterocycles. The van der Waals surface area contributed by atoms with Crippen LogP contribution in [0.3, 0.4) is 0 Å². The maximum absolute atomic E-state index is 14.1. The Bertz CT molecular complexity index is 1720. The zero-order chi connectivity index (χ0) is 28.8. The van der Waals surface area contributed by atoms with Crippen LogP contribution in [0, 0.1) is 30.9 Å². The standard InChI is InChI=1S/C30H23F3N6O2/c1-17-5-6-18-12-26(40)38(29(18)28(17)34-2)20-7-10-37(11-8-20)30(41)24-15-25(19-4-3-9-35-16-19)39(36-24)21-13-22(31)27(33)23(32)14-21/h3-6,9,13-16,20H,7-8,10-12H2,1H3. The van der Waals surface area contributed by atoms with Crippen LogP contribution in [-0.4, -0.2) is 50.6 Å². The second-order valence-corrected chi connectivity index (χ2v) is 10.1. The number of carbonyl (C=O) groups is 2. The molecule has 41 heavy (non-hydrogen) atoms. The average Bonchev–Trinajstić information content (AvgIpc) is 3.57. The normalized spacial score (nSPS) is 15.2. The minimum absolute atomic E-state index is 0.0426. The molecule has 0 aliphatic carbocycles. The minimum atomic E-state index is -1.60. The molecule has 0 atom stereocenters. The van der Waals surface area contributed by atoms with E-state index in [2.05, 4.69) is 14.9 Å². The summed E-state index contributed by atoms with van der Waals surface area (Å²) in [5.41, 5.74) is 3.65. The summed E-state index contributed by atoms with van der Waals surface area (Å²) in [5.74, 6) is -4.80. The predicted octanol–water partition coefficient (Wildman–Crippen LogP) is 5.40. The lowest BCUT2D eigenvalue weighted by Crippen LogP contribution is -2.48. The lowest BCUT2D eigenvalue weighted by Gasteiger charge is -2.37. The van der Waals surface area contributed by atoms with Gasteiger partial charge in [-0.05, 0) is 49.1 Å². The van der Waals surface area contributed by atoms with E-state index in [1.54, 1.807) is 28.1 Å². The first-order valence-electron chi connectivity index (χ1n) is 13.0. The molecule has 206 valence electrons. The summed E-state index contributed by atoms with van der Waals surface area (Å²) in [7, 11) is 0. The van der Waals surface area contributed by atoms with E-state index >= 15 is 0 Å². The van der Waals surface area contributed by atoms with E-state index in [1.165, 1.54) is 16.9 Å². The number of piperidine rings is 1. The van der Waals surface area contributed by atoms with E-state index in [4.69, 9.17) is 6.57 Å². The number of benzene rings is 2. The van der Waals surface area contributed by atoms with Crippen molar-refractivity contribution in [3.05, 3.63) is 101 Å². The van der Waals surface area contributed by atoms with Gasteiger partial charge in [0, 0.05) is 49.2 Å². The van der Waals surface area contributed by atoms with E-state index in [1.807, 2.05) is 19.1 Å². The molecule has 1 saturated heterocycles. The highest BCUT2D eigenvalue weighted by Gasteiger charge is 2.38. The van der Waals surface area contributed by atoms with Gasteiger partial charge in [0.1, 0.15) is 0 Å². The molecular formula is C30H23F3N6O2. The quantitative estimate of drug-likeness (QED) is 0.249. The average molecular weight is 557 g/mol. The molecule has 0 radical (unpaired) electrons. The van der Waals surface area contributed by atoms with E-state index in [0.29, 0.717) is 48.6 Å². The van der Waals surface area contributed by atoms with Crippen molar-refractivity contribution in [1.82, 2.24) is 19.7 Å². The van der Waals surface area contributed by atoms with E-state index in [-0.39, 0.29) is 35.7 Å². The molecule has 2 aromatic heterocycles. The van der Waals surface area contributed by atoms with Crippen molar-refractivity contribution in [2.24, 2.45) is 0 Å². The molecule has 0 unspecified atom stereocenters. The van der Waals surface area contributed by atoms with Gasteiger partial charge in [0.25, 0.3) is 5.91 Å². The van der Waals surface area contributed by atoms with Crippen LogP contribution in [0.25, 0.3) is 21.8 Å². The Kier molecular flexibility index (Phi) is 6.53. The topological polar surface area (TPSA) is 75.7 Å². The summed E-state index contributed by atoms with van der Waals surface area (Å²) in [6.45, 7) is 10.2. The van der Waals surface area contributed by atoms with Crippen LogP contribution in [0.15, 0.2) is 54.9 Å². The highest BCUT2D eigenvalue weighted by molar-refractivity contribution is 6.06. The minimum Gasteiger partial charge on any atom is -0.337 e. The number of rotatable bonds is 4. The number of likely N-dealkylation sites (tertiary alicyclic amines) is 1. The molecule has 4 heterocycles. The van der Waals surface area contributed by atoms with Gasteiger partial charge in [0.05, 0.1) is 30.1 Å². The molecule has 11 heteroatoms. The van der Waals surface area contributed by atoms with Crippen LogP contribution >= 0.6 is 0 Å². The number of nitrogens with zero attached hydrogens (tertiary/aromatic N) is 6. The number of fused-ring (bicyclic) bond motifs is 1. The fourth-order valence-electron chi connectivity index (χ4n) is 5.59. The number of carbonyl (C=O) groups excluding carboxylic acids is 2. The number of aromatic nitrogens is 3. The molecule has 0 spiro atoms. The van der Waals surface area contributed by atoms with Gasteiger partial charge in [-0.1, -0.05) is 12.1 Å². The monoisotopic (exact) mass is 556 g/mol. The molecule has 0 N–H and O–H groups in total. The Morgan fingerprint density at radius 1 is 1.07 bits per heavy atom. The van der Waals surface area contributed by atoms with Crippen LogP contribution in [-0.2, 0) is 11.2 Å². The molecular weight excluding hydrogens is 533 g/mol. The SMILES string of the molecule is [C-]#[N+]c1c(C)ccc2c1N(C1CCN(C(=O)c3cc(-c4cccnc4)n(-c4cc(F)c(F)c(F)c4)n3)CC1)C(=O)C2. The fraction of sp³-hybridized carbons (Fsp3) is 0.233. The number of amides is 2. The first-order chi connectivity index (χ1) is 19.8. The Morgan fingerprint density at radius 3 is 2.46 bits per heavy atom. The third-order valence-electron chi connectivity index (χ3n) is 7.62. The van der Waals surface area contributed by atoms with Crippen molar-refractivity contribution >= 4 is 23.2 Å². The first-order valence-corrected chi connectivity index (χ1v) is 13.0. The molecule has 4 aromatic rings. The summed E-state index contributed by atoms with van der Waals surface area (Å²) >= 11 is 0. The molecule has 0 saturated carbocycles. The molecule has 8 nitrogen and oxygen atoms in total. The van der Waals surface area contributed by atoms with Crippen LogP contribution in [0.1, 0.15) is 34.5 Å². The highest BCUT2D eigenvalue weighted by atomic mass is 19.2.